The van der Waals surface area contributed by atoms with Crippen LogP contribution in [0.3, 0.4) is 0 Å². The Kier molecular flexibility index (Phi) is 6.67. The molecule has 0 spiro atoms. The van der Waals surface area contributed by atoms with Gasteiger partial charge in [0.15, 0.2) is 18.3 Å². The molecule has 0 aromatic rings. The molecule has 10 nitrogen and oxygen atoms in total. The zero-order chi connectivity index (χ0) is 18.5. The van der Waals surface area contributed by atoms with E-state index in [1.807, 2.05) is 0 Å². The summed E-state index contributed by atoms with van der Waals surface area (Å²) in [5, 5.41) is 10.6. The third-order valence-corrected chi connectivity index (χ3v) is 3.00. The number of carbonyl (C=O) groups is 4. The maximum Gasteiger partial charge on any atom is 0.303 e. The number of carbonyl (C=O) groups excluding carboxylic acids is 4. The van der Waals surface area contributed by atoms with Gasteiger partial charge in [-0.05, 0) is 0 Å². The minimum absolute atomic E-state index is 0.368. The number of rotatable bonds is 5. The van der Waals surface area contributed by atoms with Crippen LogP contribution in [-0.2, 0) is 42.9 Å². The van der Waals surface area contributed by atoms with Gasteiger partial charge in [-0.3, -0.25) is 19.2 Å². The standard InChI is InChI=1S/C14H20O10/c1-7(15)20-6-14(19)13(24-10(4)18)12(23-9(3)17)11(5-21-14)22-8(2)16/h11-13,19H,5-6H2,1-4H3/t11-,12-,13+,14+/m1/s1. The van der Waals surface area contributed by atoms with E-state index in [-0.39, 0.29) is 6.61 Å². The summed E-state index contributed by atoms with van der Waals surface area (Å²) in [6, 6.07) is 0. The van der Waals surface area contributed by atoms with Crippen LogP contribution in [0.15, 0.2) is 0 Å². The van der Waals surface area contributed by atoms with Crippen molar-refractivity contribution in [3.05, 3.63) is 0 Å². The number of aliphatic hydroxyl groups is 1. The topological polar surface area (TPSA) is 135 Å². The molecule has 0 saturated carbocycles. The van der Waals surface area contributed by atoms with Gasteiger partial charge in [-0.15, -0.1) is 0 Å². The lowest BCUT2D eigenvalue weighted by Crippen LogP contribution is -2.65. The second-order valence-electron chi connectivity index (χ2n) is 5.19. The normalized spacial score (nSPS) is 29.3. The van der Waals surface area contributed by atoms with E-state index in [4.69, 9.17) is 23.7 Å². The number of ether oxygens (including phenoxy) is 5. The Labute approximate surface area is 137 Å². The molecule has 1 rings (SSSR count). The minimum atomic E-state index is -2.27. The van der Waals surface area contributed by atoms with Crippen molar-refractivity contribution in [2.45, 2.75) is 51.8 Å². The number of esters is 4. The van der Waals surface area contributed by atoms with E-state index in [1.54, 1.807) is 0 Å². The monoisotopic (exact) mass is 348 g/mol. The van der Waals surface area contributed by atoms with Crippen LogP contribution < -0.4 is 0 Å². The summed E-state index contributed by atoms with van der Waals surface area (Å²) in [5.74, 6) is -5.24. The molecular weight excluding hydrogens is 328 g/mol. The SMILES string of the molecule is CC(=O)OC[C@]1(O)OC[C@@H](OC(C)=O)[C@@H](OC(C)=O)[C@@H]1OC(C)=O. The van der Waals surface area contributed by atoms with E-state index in [0.29, 0.717) is 0 Å². The highest BCUT2D eigenvalue weighted by molar-refractivity contribution is 5.68. The van der Waals surface area contributed by atoms with Crippen LogP contribution >= 0.6 is 0 Å². The Hall–Kier alpha value is -2.20. The van der Waals surface area contributed by atoms with E-state index in [2.05, 4.69) is 0 Å². The first-order valence-corrected chi connectivity index (χ1v) is 7.06. The molecule has 24 heavy (non-hydrogen) atoms. The van der Waals surface area contributed by atoms with Crippen molar-refractivity contribution in [3.8, 4) is 0 Å². The van der Waals surface area contributed by atoms with E-state index >= 15 is 0 Å². The summed E-state index contributed by atoms with van der Waals surface area (Å²) in [6.07, 6.45) is -4.03. The van der Waals surface area contributed by atoms with Crippen molar-refractivity contribution in [3.63, 3.8) is 0 Å². The lowest BCUT2D eigenvalue weighted by molar-refractivity contribution is -0.335. The van der Waals surface area contributed by atoms with E-state index in [1.165, 1.54) is 0 Å². The van der Waals surface area contributed by atoms with Crippen LogP contribution in [0, 0.1) is 0 Å². The third-order valence-electron chi connectivity index (χ3n) is 3.00. The first-order chi connectivity index (χ1) is 11.0. The van der Waals surface area contributed by atoms with Crippen LogP contribution in [-0.4, -0.2) is 66.3 Å². The second-order valence-corrected chi connectivity index (χ2v) is 5.19. The smallest absolute Gasteiger partial charge is 0.303 e. The third kappa shape index (κ3) is 5.46. The summed E-state index contributed by atoms with van der Waals surface area (Å²) < 4.78 is 24.9. The summed E-state index contributed by atoms with van der Waals surface area (Å²) in [6.45, 7) is 3.35. The van der Waals surface area contributed by atoms with Crippen LogP contribution in [0.4, 0.5) is 0 Å². The summed E-state index contributed by atoms with van der Waals surface area (Å²) >= 11 is 0. The Morgan fingerprint density at radius 3 is 1.96 bits per heavy atom. The lowest BCUT2D eigenvalue weighted by atomic mass is 9.96. The predicted molar refractivity (Wildman–Crippen MR) is 74.2 cm³/mol. The Morgan fingerprint density at radius 1 is 0.958 bits per heavy atom. The second kappa shape index (κ2) is 8.06. The molecule has 0 aliphatic carbocycles. The van der Waals surface area contributed by atoms with Gasteiger partial charge < -0.3 is 28.8 Å². The fourth-order valence-electron chi connectivity index (χ4n) is 2.17. The molecule has 0 bridgehead atoms. The van der Waals surface area contributed by atoms with Crippen molar-refractivity contribution < 1.29 is 48.0 Å². The molecule has 1 N–H and O–H groups in total. The summed E-state index contributed by atoms with van der Waals surface area (Å²) in [4.78, 5) is 44.9. The molecule has 1 saturated heterocycles. The van der Waals surface area contributed by atoms with Gasteiger partial charge in [-0.1, -0.05) is 0 Å². The molecule has 4 atom stereocenters. The van der Waals surface area contributed by atoms with Crippen LogP contribution in [0.1, 0.15) is 27.7 Å². The average Bonchev–Trinajstić information content (AvgIpc) is 2.43. The number of hydrogen-bond donors (Lipinski definition) is 1. The maximum atomic E-state index is 11.4. The molecule has 1 aliphatic heterocycles. The summed E-state index contributed by atoms with van der Waals surface area (Å²) in [7, 11) is 0. The maximum absolute atomic E-state index is 11.4. The van der Waals surface area contributed by atoms with Crippen LogP contribution in [0.2, 0.25) is 0 Å². The molecule has 1 aliphatic rings. The van der Waals surface area contributed by atoms with Gasteiger partial charge >= 0.3 is 23.9 Å². The van der Waals surface area contributed by atoms with Gasteiger partial charge in [-0.25, -0.2) is 0 Å². The molecule has 0 radical (unpaired) electrons. The van der Waals surface area contributed by atoms with Gasteiger partial charge in [0.25, 0.3) is 0 Å². The molecule has 0 amide bonds. The van der Waals surface area contributed by atoms with Gasteiger partial charge in [0.2, 0.25) is 5.79 Å². The molecule has 0 unspecified atom stereocenters. The first-order valence-electron chi connectivity index (χ1n) is 7.06. The van der Waals surface area contributed by atoms with E-state index in [0.717, 1.165) is 27.7 Å². The molecular formula is C14H20O10. The van der Waals surface area contributed by atoms with Crippen LogP contribution in [0.5, 0.6) is 0 Å². The average molecular weight is 348 g/mol. The Balaban J connectivity index is 3.14. The first kappa shape index (κ1) is 19.8. The zero-order valence-electron chi connectivity index (χ0n) is 13.8. The fraction of sp³-hybridized carbons (Fsp3) is 0.714. The van der Waals surface area contributed by atoms with E-state index in [9.17, 15) is 24.3 Å². The predicted octanol–water partition coefficient (Wildman–Crippen LogP) is -0.937. The quantitative estimate of drug-likeness (QED) is 0.490. The fourth-order valence-corrected chi connectivity index (χ4v) is 2.17. The van der Waals surface area contributed by atoms with E-state index < -0.39 is 54.6 Å². The minimum Gasteiger partial charge on any atom is -0.460 e. The molecule has 0 aromatic carbocycles. The van der Waals surface area contributed by atoms with Gasteiger partial charge in [-0.2, -0.15) is 0 Å². The van der Waals surface area contributed by atoms with Crippen molar-refractivity contribution in [1.29, 1.82) is 0 Å². The highest BCUT2D eigenvalue weighted by atomic mass is 16.7. The van der Waals surface area contributed by atoms with Crippen molar-refractivity contribution in [2.75, 3.05) is 13.2 Å². The highest BCUT2D eigenvalue weighted by Crippen LogP contribution is 2.31. The zero-order valence-corrected chi connectivity index (χ0v) is 13.8. The van der Waals surface area contributed by atoms with Crippen LogP contribution in [0.25, 0.3) is 0 Å². The molecule has 10 heteroatoms. The van der Waals surface area contributed by atoms with Crippen molar-refractivity contribution in [1.82, 2.24) is 0 Å². The van der Waals surface area contributed by atoms with Crippen molar-refractivity contribution >= 4 is 23.9 Å². The summed E-state index contributed by atoms with van der Waals surface area (Å²) in [5.41, 5.74) is 0. The van der Waals surface area contributed by atoms with Gasteiger partial charge in [0.05, 0.1) is 6.61 Å². The largest absolute Gasteiger partial charge is 0.460 e. The number of hydrogen-bond acceptors (Lipinski definition) is 10. The molecule has 136 valence electrons. The Morgan fingerprint density at radius 2 is 1.50 bits per heavy atom. The van der Waals surface area contributed by atoms with Gasteiger partial charge in [0.1, 0.15) is 6.61 Å². The molecule has 0 aromatic heterocycles. The lowest BCUT2D eigenvalue weighted by Gasteiger charge is -2.44. The highest BCUT2D eigenvalue weighted by Gasteiger charge is 2.56. The van der Waals surface area contributed by atoms with Crippen molar-refractivity contribution in [2.24, 2.45) is 0 Å². The Bertz CT molecular complexity index is 516. The molecule has 1 heterocycles. The molecule has 1 fully saturated rings. The van der Waals surface area contributed by atoms with Gasteiger partial charge in [0, 0.05) is 27.7 Å².